The summed E-state index contributed by atoms with van der Waals surface area (Å²) in [7, 11) is 0. The molecule has 0 saturated carbocycles. The number of hydrogen-bond acceptors (Lipinski definition) is 7. The van der Waals surface area contributed by atoms with Crippen LogP contribution in [0.25, 0.3) is 11.0 Å². The molecule has 7 nitrogen and oxygen atoms in total. The average molecular weight is 414 g/mol. The van der Waals surface area contributed by atoms with Crippen LogP contribution in [-0.2, 0) is 4.74 Å². The molecule has 1 N–H and O–H groups in total. The largest absolute Gasteiger partial charge is 0.461 e. The lowest BCUT2D eigenvalue weighted by Crippen LogP contribution is -2.15. The van der Waals surface area contributed by atoms with Crippen LogP contribution in [0.5, 0.6) is 0 Å². The number of aromatic nitrogens is 1. The van der Waals surface area contributed by atoms with Crippen molar-refractivity contribution in [2.45, 2.75) is 34.6 Å². The molecule has 3 rings (SSSR count). The first kappa shape index (κ1) is 20.7. The highest BCUT2D eigenvalue weighted by molar-refractivity contribution is 7.17. The first-order chi connectivity index (χ1) is 13.7. The molecule has 0 fully saturated rings. The summed E-state index contributed by atoms with van der Waals surface area (Å²) in [5, 5.41) is 3.24. The van der Waals surface area contributed by atoms with Crippen LogP contribution >= 0.6 is 11.3 Å². The van der Waals surface area contributed by atoms with Gasteiger partial charge in [0.2, 0.25) is 0 Å². The van der Waals surface area contributed by atoms with Gasteiger partial charge in [-0.3, -0.25) is 14.9 Å². The summed E-state index contributed by atoms with van der Waals surface area (Å²) in [6.45, 7) is 9.60. The SMILES string of the molecule is Cc1ccc2c(=O)cc(C(=O)Nc3nc(C)c(C(=O)OCC(C)C)s3)oc2c1C. The Morgan fingerprint density at radius 3 is 2.66 bits per heavy atom. The molecular formula is C21H22N2O5S. The van der Waals surface area contributed by atoms with Gasteiger partial charge in [0.1, 0.15) is 10.5 Å². The lowest BCUT2D eigenvalue weighted by Gasteiger charge is -2.07. The summed E-state index contributed by atoms with van der Waals surface area (Å²) in [6, 6.07) is 4.68. The second kappa shape index (κ2) is 8.16. The second-order valence-electron chi connectivity index (χ2n) is 7.24. The van der Waals surface area contributed by atoms with Crippen molar-refractivity contribution in [2.75, 3.05) is 11.9 Å². The van der Waals surface area contributed by atoms with E-state index in [0.717, 1.165) is 28.5 Å². The van der Waals surface area contributed by atoms with Gasteiger partial charge >= 0.3 is 5.97 Å². The summed E-state index contributed by atoms with van der Waals surface area (Å²) in [4.78, 5) is 41.7. The molecule has 0 radical (unpaired) electrons. The number of rotatable bonds is 5. The van der Waals surface area contributed by atoms with Crippen LogP contribution in [0.3, 0.4) is 0 Å². The number of ether oxygens (including phenoxy) is 1. The standard InChI is InChI=1S/C21H22N2O5S/c1-10(2)9-27-20(26)18-13(5)22-21(29-18)23-19(25)16-8-15(24)14-7-6-11(3)12(4)17(14)28-16/h6-8,10H,9H2,1-5H3,(H,22,23,25). The number of anilines is 1. The molecule has 2 aromatic heterocycles. The van der Waals surface area contributed by atoms with Gasteiger partial charge in [-0.05, 0) is 43.9 Å². The Bertz CT molecular complexity index is 1160. The Morgan fingerprint density at radius 2 is 1.97 bits per heavy atom. The molecule has 152 valence electrons. The normalized spacial score (nSPS) is 11.1. The van der Waals surface area contributed by atoms with Crippen LogP contribution in [0.15, 0.2) is 27.4 Å². The number of carbonyl (C=O) groups excluding carboxylic acids is 2. The van der Waals surface area contributed by atoms with Crippen molar-refractivity contribution in [1.29, 1.82) is 0 Å². The summed E-state index contributed by atoms with van der Waals surface area (Å²) in [6.07, 6.45) is 0. The fourth-order valence-electron chi connectivity index (χ4n) is 2.67. The number of nitrogens with zero attached hydrogens (tertiary/aromatic N) is 1. The number of hydrogen-bond donors (Lipinski definition) is 1. The predicted molar refractivity (Wildman–Crippen MR) is 112 cm³/mol. The monoisotopic (exact) mass is 414 g/mol. The highest BCUT2D eigenvalue weighted by Gasteiger charge is 2.20. The smallest absolute Gasteiger partial charge is 0.350 e. The molecule has 8 heteroatoms. The minimum Gasteiger partial charge on any atom is -0.461 e. The minimum absolute atomic E-state index is 0.118. The van der Waals surface area contributed by atoms with Crippen molar-refractivity contribution in [2.24, 2.45) is 5.92 Å². The molecule has 0 spiro atoms. The first-order valence-corrected chi connectivity index (χ1v) is 9.99. The van der Waals surface area contributed by atoms with E-state index in [-0.39, 0.29) is 22.2 Å². The zero-order valence-electron chi connectivity index (χ0n) is 16.9. The molecule has 0 aliphatic carbocycles. The molecule has 0 unspecified atom stereocenters. The summed E-state index contributed by atoms with van der Waals surface area (Å²) in [5.41, 5.74) is 2.31. The fraction of sp³-hybridized carbons (Fsp3) is 0.333. The van der Waals surface area contributed by atoms with E-state index in [4.69, 9.17) is 9.15 Å². The highest BCUT2D eigenvalue weighted by atomic mass is 32.1. The summed E-state index contributed by atoms with van der Waals surface area (Å²) >= 11 is 1.02. The quantitative estimate of drug-likeness (QED) is 0.627. The van der Waals surface area contributed by atoms with Crippen LogP contribution in [0.1, 0.15) is 50.9 Å². The maximum Gasteiger partial charge on any atom is 0.350 e. The number of esters is 1. The van der Waals surface area contributed by atoms with E-state index >= 15 is 0 Å². The van der Waals surface area contributed by atoms with Gasteiger partial charge in [0.05, 0.1) is 17.7 Å². The number of aryl methyl sites for hydroxylation is 3. The Balaban J connectivity index is 1.86. The van der Waals surface area contributed by atoms with Crippen molar-refractivity contribution in [3.05, 3.63) is 55.9 Å². The Labute approximate surface area is 171 Å². The number of thiazole rings is 1. The third-order valence-electron chi connectivity index (χ3n) is 4.39. The lowest BCUT2D eigenvalue weighted by molar-refractivity contribution is 0.0463. The number of carbonyl (C=O) groups is 2. The van der Waals surface area contributed by atoms with Crippen molar-refractivity contribution >= 4 is 39.3 Å². The average Bonchev–Trinajstić information content (AvgIpc) is 3.03. The van der Waals surface area contributed by atoms with Gasteiger partial charge in [-0.1, -0.05) is 31.3 Å². The van der Waals surface area contributed by atoms with E-state index in [2.05, 4.69) is 10.3 Å². The number of amides is 1. The number of fused-ring (bicyclic) bond motifs is 1. The van der Waals surface area contributed by atoms with E-state index in [9.17, 15) is 14.4 Å². The molecule has 0 saturated heterocycles. The van der Waals surface area contributed by atoms with Crippen molar-refractivity contribution in [3.8, 4) is 0 Å². The minimum atomic E-state index is -0.610. The first-order valence-electron chi connectivity index (χ1n) is 9.17. The van der Waals surface area contributed by atoms with E-state index in [1.807, 2.05) is 33.8 Å². The lowest BCUT2D eigenvalue weighted by atomic mass is 10.1. The van der Waals surface area contributed by atoms with Gasteiger partial charge in [-0.2, -0.15) is 0 Å². The molecule has 29 heavy (non-hydrogen) atoms. The third-order valence-corrected chi connectivity index (χ3v) is 5.44. The zero-order chi connectivity index (χ0) is 21.3. The molecule has 0 atom stereocenters. The van der Waals surface area contributed by atoms with E-state index < -0.39 is 11.9 Å². The molecular weight excluding hydrogens is 392 g/mol. The maximum atomic E-state index is 12.6. The Hall–Kier alpha value is -3.00. The second-order valence-corrected chi connectivity index (χ2v) is 8.24. The highest BCUT2D eigenvalue weighted by Crippen LogP contribution is 2.25. The van der Waals surface area contributed by atoms with E-state index in [0.29, 0.717) is 28.1 Å². The van der Waals surface area contributed by atoms with Gasteiger partial charge in [-0.15, -0.1) is 0 Å². The summed E-state index contributed by atoms with van der Waals surface area (Å²) in [5.74, 6) is -0.986. The van der Waals surface area contributed by atoms with E-state index in [1.165, 1.54) is 0 Å². The summed E-state index contributed by atoms with van der Waals surface area (Å²) < 4.78 is 10.9. The number of benzene rings is 1. The zero-order valence-corrected chi connectivity index (χ0v) is 17.7. The molecule has 1 amide bonds. The van der Waals surface area contributed by atoms with Gasteiger partial charge in [-0.25, -0.2) is 9.78 Å². The van der Waals surface area contributed by atoms with Crippen LogP contribution in [0.4, 0.5) is 5.13 Å². The van der Waals surface area contributed by atoms with Crippen molar-refractivity contribution < 1.29 is 18.7 Å². The maximum absolute atomic E-state index is 12.6. The van der Waals surface area contributed by atoms with Crippen molar-refractivity contribution in [3.63, 3.8) is 0 Å². The van der Waals surface area contributed by atoms with Gasteiger partial charge in [0.25, 0.3) is 5.91 Å². The van der Waals surface area contributed by atoms with Gasteiger partial charge in [0.15, 0.2) is 16.3 Å². The van der Waals surface area contributed by atoms with Crippen LogP contribution in [-0.4, -0.2) is 23.5 Å². The molecule has 0 aliphatic heterocycles. The van der Waals surface area contributed by atoms with Crippen LogP contribution in [0.2, 0.25) is 0 Å². The fourth-order valence-corrected chi connectivity index (χ4v) is 3.52. The number of nitrogens with one attached hydrogen (secondary N) is 1. The molecule has 1 aromatic carbocycles. The molecule has 3 aromatic rings. The van der Waals surface area contributed by atoms with Crippen LogP contribution < -0.4 is 10.7 Å². The topological polar surface area (TPSA) is 98.5 Å². The predicted octanol–water partition coefficient (Wildman–Crippen LogP) is 4.24. The van der Waals surface area contributed by atoms with E-state index in [1.54, 1.807) is 13.0 Å². The molecule has 0 aliphatic rings. The molecule has 0 bridgehead atoms. The van der Waals surface area contributed by atoms with Gasteiger partial charge in [0, 0.05) is 6.07 Å². The molecule has 2 heterocycles. The Morgan fingerprint density at radius 1 is 1.24 bits per heavy atom. The Kier molecular flexibility index (Phi) is 5.83. The van der Waals surface area contributed by atoms with Crippen LogP contribution in [0, 0.1) is 26.7 Å². The van der Waals surface area contributed by atoms with Crippen molar-refractivity contribution in [1.82, 2.24) is 4.98 Å². The van der Waals surface area contributed by atoms with Gasteiger partial charge < -0.3 is 9.15 Å². The third kappa shape index (κ3) is 4.37.